The van der Waals surface area contributed by atoms with Gasteiger partial charge in [-0.15, -0.1) is 0 Å². The van der Waals surface area contributed by atoms with Crippen molar-refractivity contribution in [1.29, 1.82) is 0 Å². The molecule has 1 aliphatic carbocycles. The molecule has 3 amide bonds. The van der Waals surface area contributed by atoms with Crippen molar-refractivity contribution < 1.29 is 31.9 Å². The van der Waals surface area contributed by atoms with Gasteiger partial charge in [0.15, 0.2) is 0 Å². The Morgan fingerprint density at radius 2 is 1.67 bits per heavy atom. The quantitative estimate of drug-likeness (QED) is 0.264. The second-order valence-electron chi connectivity index (χ2n) is 10.2. The Labute approximate surface area is 241 Å². The molecule has 1 fully saturated rings. The molecule has 1 heterocycles. The zero-order valence-corrected chi connectivity index (χ0v) is 22.9. The molecule has 11 heteroatoms. The largest absolute Gasteiger partial charge is 0.416 e. The van der Waals surface area contributed by atoms with Crippen molar-refractivity contribution >= 4 is 29.2 Å². The lowest BCUT2D eigenvalue weighted by Crippen LogP contribution is -2.47. The van der Waals surface area contributed by atoms with Gasteiger partial charge in [-0.2, -0.15) is 13.2 Å². The van der Waals surface area contributed by atoms with Gasteiger partial charge in [0.25, 0.3) is 0 Å². The Bertz CT molecular complexity index is 1360. The van der Waals surface area contributed by atoms with E-state index in [0.29, 0.717) is 5.82 Å². The number of halogens is 4. The highest BCUT2D eigenvalue weighted by molar-refractivity contribution is 6.01. The van der Waals surface area contributed by atoms with Crippen LogP contribution in [0.2, 0.25) is 0 Å². The Morgan fingerprint density at radius 1 is 0.929 bits per heavy atom. The van der Waals surface area contributed by atoms with Gasteiger partial charge in [-0.1, -0.05) is 43.5 Å². The zero-order chi connectivity index (χ0) is 30.1. The van der Waals surface area contributed by atoms with Crippen LogP contribution in [0, 0.1) is 5.82 Å². The van der Waals surface area contributed by atoms with Crippen molar-refractivity contribution in [3.05, 3.63) is 89.9 Å². The van der Waals surface area contributed by atoms with Crippen molar-refractivity contribution in [2.45, 2.75) is 69.6 Å². The van der Waals surface area contributed by atoms with Crippen LogP contribution in [0.15, 0.2) is 72.9 Å². The molecule has 7 nitrogen and oxygen atoms in total. The molecule has 2 N–H and O–H groups in total. The molecule has 2 aromatic carbocycles. The second-order valence-corrected chi connectivity index (χ2v) is 10.2. The Kier molecular flexibility index (Phi) is 10.3. The zero-order valence-electron chi connectivity index (χ0n) is 22.9. The number of aromatic nitrogens is 1. The van der Waals surface area contributed by atoms with Gasteiger partial charge in [-0.3, -0.25) is 19.3 Å². The average Bonchev–Trinajstić information content (AvgIpc) is 2.97. The summed E-state index contributed by atoms with van der Waals surface area (Å²) in [6.07, 6.45) is 0.948. The lowest BCUT2D eigenvalue weighted by Gasteiger charge is -2.34. The lowest BCUT2D eigenvalue weighted by molar-refractivity contribution is -0.137. The van der Waals surface area contributed by atoms with E-state index in [-0.39, 0.29) is 36.6 Å². The van der Waals surface area contributed by atoms with Crippen LogP contribution in [0.1, 0.15) is 68.5 Å². The monoisotopic (exact) mass is 584 g/mol. The first-order valence-electron chi connectivity index (χ1n) is 13.9. The molecule has 0 aliphatic heterocycles. The Hall–Kier alpha value is -4.28. The van der Waals surface area contributed by atoms with E-state index in [1.54, 1.807) is 18.2 Å². The summed E-state index contributed by atoms with van der Waals surface area (Å²) >= 11 is 0. The van der Waals surface area contributed by atoms with E-state index in [0.717, 1.165) is 61.3 Å². The van der Waals surface area contributed by atoms with Crippen LogP contribution in [0.5, 0.6) is 0 Å². The van der Waals surface area contributed by atoms with Gasteiger partial charge < -0.3 is 10.6 Å². The summed E-state index contributed by atoms with van der Waals surface area (Å²) < 4.78 is 54.8. The fourth-order valence-corrected chi connectivity index (χ4v) is 5.02. The van der Waals surface area contributed by atoms with Crippen LogP contribution >= 0.6 is 0 Å². The summed E-state index contributed by atoms with van der Waals surface area (Å²) in [5.74, 6) is -1.85. The molecule has 1 aliphatic rings. The molecule has 222 valence electrons. The van der Waals surface area contributed by atoms with E-state index in [1.807, 2.05) is 0 Å². The van der Waals surface area contributed by atoms with Gasteiger partial charge in [0.05, 0.1) is 5.56 Å². The van der Waals surface area contributed by atoms with Crippen LogP contribution in [-0.4, -0.2) is 28.7 Å². The van der Waals surface area contributed by atoms with Crippen LogP contribution in [0.25, 0.3) is 0 Å². The van der Waals surface area contributed by atoms with Gasteiger partial charge in [0.1, 0.15) is 17.7 Å². The SMILES string of the molecule is O=C(CCCC(=O)N(c1cccc(C(F)(F)F)c1)[C@@H](C(=O)NC1CCCCC1)c1ccc(F)cc1)Nc1ccccn1. The highest BCUT2D eigenvalue weighted by Gasteiger charge is 2.36. The fourth-order valence-electron chi connectivity index (χ4n) is 5.02. The minimum absolute atomic E-state index is 0.0613. The maximum atomic E-state index is 13.8. The molecule has 0 bridgehead atoms. The summed E-state index contributed by atoms with van der Waals surface area (Å²) in [7, 11) is 0. The summed E-state index contributed by atoms with van der Waals surface area (Å²) in [5.41, 5.74) is -0.887. The third-order valence-electron chi connectivity index (χ3n) is 7.09. The molecule has 0 saturated heterocycles. The normalized spacial score (nSPS) is 14.6. The minimum Gasteiger partial charge on any atom is -0.351 e. The van der Waals surface area contributed by atoms with E-state index in [4.69, 9.17) is 0 Å². The van der Waals surface area contributed by atoms with Crippen molar-refractivity contribution in [3.8, 4) is 0 Å². The molecular formula is C31H32F4N4O3. The van der Waals surface area contributed by atoms with Gasteiger partial charge in [-0.25, -0.2) is 9.37 Å². The van der Waals surface area contributed by atoms with E-state index < -0.39 is 41.3 Å². The summed E-state index contributed by atoms with van der Waals surface area (Å²) in [6.45, 7) is 0. The highest BCUT2D eigenvalue weighted by atomic mass is 19.4. The first-order chi connectivity index (χ1) is 20.1. The number of amides is 3. The van der Waals surface area contributed by atoms with Crippen LogP contribution in [-0.2, 0) is 20.6 Å². The first kappa shape index (κ1) is 30.7. The highest BCUT2D eigenvalue weighted by Crippen LogP contribution is 2.35. The lowest BCUT2D eigenvalue weighted by atomic mass is 9.94. The van der Waals surface area contributed by atoms with E-state index in [9.17, 15) is 31.9 Å². The van der Waals surface area contributed by atoms with Crippen molar-refractivity contribution in [2.75, 3.05) is 10.2 Å². The summed E-state index contributed by atoms with van der Waals surface area (Å²) in [4.78, 5) is 45.0. The van der Waals surface area contributed by atoms with E-state index >= 15 is 0 Å². The molecule has 0 radical (unpaired) electrons. The number of benzene rings is 2. The fraction of sp³-hybridized carbons (Fsp3) is 0.355. The van der Waals surface area contributed by atoms with Crippen LogP contribution < -0.4 is 15.5 Å². The number of carbonyl (C=O) groups is 3. The smallest absolute Gasteiger partial charge is 0.351 e. The van der Waals surface area contributed by atoms with Crippen molar-refractivity contribution in [2.24, 2.45) is 0 Å². The number of pyridine rings is 1. The summed E-state index contributed by atoms with van der Waals surface area (Å²) in [6, 6.07) is 12.6. The van der Waals surface area contributed by atoms with Gasteiger partial charge in [-0.05, 0) is 67.3 Å². The summed E-state index contributed by atoms with van der Waals surface area (Å²) in [5, 5.41) is 5.58. The molecular weight excluding hydrogens is 552 g/mol. The number of hydrogen-bond donors (Lipinski definition) is 2. The number of nitrogens with zero attached hydrogens (tertiary/aromatic N) is 2. The Balaban J connectivity index is 1.64. The maximum absolute atomic E-state index is 13.8. The average molecular weight is 585 g/mol. The van der Waals surface area contributed by atoms with Crippen molar-refractivity contribution in [3.63, 3.8) is 0 Å². The molecule has 3 aromatic rings. The number of anilines is 2. The molecule has 1 aromatic heterocycles. The predicted molar refractivity (Wildman–Crippen MR) is 150 cm³/mol. The number of nitrogens with one attached hydrogen (secondary N) is 2. The number of rotatable bonds is 10. The second kappa shape index (κ2) is 14.1. The third-order valence-corrected chi connectivity index (χ3v) is 7.09. The number of hydrogen-bond acceptors (Lipinski definition) is 4. The molecule has 1 saturated carbocycles. The number of alkyl halides is 3. The molecule has 0 unspecified atom stereocenters. The van der Waals surface area contributed by atoms with Gasteiger partial charge in [0.2, 0.25) is 17.7 Å². The molecule has 0 spiro atoms. The predicted octanol–water partition coefficient (Wildman–Crippen LogP) is 6.57. The van der Waals surface area contributed by atoms with Crippen molar-refractivity contribution in [1.82, 2.24) is 10.3 Å². The molecule has 42 heavy (non-hydrogen) atoms. The van der Waals surface area contributed by atoms with E-state index in [2.05, 4.69) is 15.6 Å². The van der Waals surface area contributed by atoms with Crippen LogP contribution in [0.3, 0.4) is 0 Å². The maximum Gasteiger partial charge on any atom is 0.416 e. The molecule has 4 rings (SSSR count). The standard InChI is InChI=1S/C31H32F4N4O3/c32-23-17-15-21(16-18-23)29(30(42)37-24-9-2-1-3-10-24)39(25-11-6-8-22(20-25)31(33,34)35)28(41)14-7-13-27(40)38-26-12-4-5-19-36-26/h4-6,8,11-12,15-20,24,29H,1-3,7,9-10,13-14H2,(H,37,42)(H,36,38,40)/t29-/m1/s1. The topological polar surface area (TPSA) is 91.4 Å². The Morgan fingerprint density at radius 3 is 2.33 bits per heavy atom. The van der Waals surface area contributed by atoms with Crippen LogP contribution in [0.4, 0.5) is 29.1 Å². The third kappa shape index (κ3) is 8.37. The van der Waals surface area contributed by atoms with E-state index in [1.165, 1.54) is 30.5 Å². The van der Waals surface area contributed by atoms with Gasteiger partial charge >= 0.3 is 6.18 Å². The van der Waals surface area contributed by atoms with Gasteiger partial charge in [0, 0.05) is 30.8 Å². The number of carbonyl (C=O) groups excluding carboxylic acids is 3. The first-order valence-corrected chi connectivity index (χ1v) is 13.9. The molecule has 1 atom stereocenters. The minimum atomic E-state index is -4.69.